The van der Waals surface area contributed by atoms with E-state index in [-0.39, 0.29) is 0 Å². The summed E-state index contributed by atoms with van der Waals surface area (Å²) in [7, 11) is 0. The molecule has 3 aromatic rings. The molecule has 0 aliphatic heterocycles. The molecule has 23 heavy (non-hydrogen) atoms. The molecule has 118 valence electrons. The highest BCUT2D eigenvalue weighted by Crippen LogP contribution is 2.26. The predicted octanol–water partition coefficient (Wildman–Crippen LogP) is 5.23. The fourth-order valence-corrected chi connectivity index (χ4v) is 3.45. The maximum absolute atomic E-state index is 6.10. The molecule has 0 spiro atoms. The Kier molecular flexibility index (Phi) is 5.26. The zero-order valence-electron chi connectivity index (χ0n) is 12.5. The van der Waals surface area contributed by atoms with Gasteiger partial charge in [-0.15, -0.1) is 10.2 Å². The summed E-state index contributed by atoms with van der Waals surface area (Å²) >= 11 is 13.8. The van der Waals surface area contributed by atoms with E-state index in [0.29, 0.717) is 16.6 Å². The first-order valence-electron chi connectivity index (χ1n) is 7.14. The molecule has 0 N–H and O–H groups in total. The first kappa shape index (κ1) is 16.4. The number of aromatic nitrogens is 3. The van der Waals surface area contributed by atoms with Crippen LogP contribution in [-0.4, -0.2) is 14.8 Å². The Labute approximate surface area is 149 Å². The van der Waals surface area contributed by atoms with Crippen molar-refractivity contribution in [3.63, 3.8) is 0 Å². The monoisotopic (exact) mass is 363 g/mol. The summed E-state index contributed by atoms with van der Waals surface area (Å²) in [5.41, 5.74) is 2.34. The summed E-state index contributed by atoms with van der Waals surface area (Å²) in [5, 5.41) is 10.5. The van der Waals surface area contributed by atoms with Crippen molar-refractivity contribution < 1.29 is 0 Å². The van der Waals surface area contributed by atoms with Gasteiger partial charge >= 0.3 is 0 Å². The van der Waals surface area contributed by atoms with E-state index in [2.05, 4.69) is 26.9 Å². The van der Waals surface area contributed by atoms with Gasteiger partial charge in [-0.3, -0.25) is 0 Å². The van der Waals surface area contributed by atoms with Gasteiger partial charge < -0.3 is 4.57 Å². The molecule has 0 radical (unpaired) electrons. The molecule has 1 heterocycles. The Bertz CT molecular complexity index is 803. The van der Waals surface area contributed by atoms with E-state index in [9.17, 15) is 0 Å². The normalized spacial score (nSPS) is 10.9. The van der Waals surface area contributed by atoms with Crippen molar-refractivity contribution in [2.24, 2.45) is 0 Å². The van der Waals surface area contributed by atoms with Crippen LogP contribution in [0, 0.1) is 6.92 Å². The van der Waals surface area contributed by atoms with Gasteiger partial charge in [0.25, 0.3) is 0 Å². The summed E-state index contributed by atoms with van der Waals surface area (Å²) in [5.74, 6) is 1.74. The molecule has 0 saturated heterocycles. The fraction of sp³-hybridized carbons (Fsp3) is 0.176. The van der Waals surface area contributed by atoms with E-state index in [1.54, 1.807) is 11.8 Å². The maximum Gasteiger partial charge on any atom is 0.191 e. The second-order valence-corrected chi connectivity index (χ2v) is 6.90. The molecule has 0 bridgehead atoms. The zero-order chi connectivity index (χ0) is 16.2. The Hall–Kier alpha value is -1.49. The molecule has 0 unspecified atom stereocenters. The lowest BCUT2D eigenvalue weighted by Gasteiger charge is -2.09. The van der Waals surface area contributed by atoms with Crippen LogP contribution in [0.5, 0.6) is 0 Å². The molecule has 1 aromatic heterocycles. The quantitative estimate of drug-likeness (QED) is 0.581. The SMILES string of the molecule is Cc1nnc(SCc2ccccc2)n1Cc1ccc(Cl)c(Cl)c1. The zero-order valence-corrected chi connectivity index (χ0v) is 14.9. The largest absolute Gasteiger partial charge is 0.302 e. The second-order valence-electron chi connectivity index (χ2n) is 5.14. The van der Waals surface area contributed by atoms with Gasteiger partial charge in [0.05, 0.1) is 16.6 Å². The number of hydrogen-bond acceptors (Lipinski definition) is 3. The molecular formula is C17H15Cl2N3S. The minimum absolute atomic E-state index is 0.563. The van der Waals surface area contributed by atoms with Crippen LogP contribution in [0.1, 0.15) is 17.0 Å². The topological polar surface area (TPSA) is 30.7 Å². The predicted molar refractivity (Wildman–Crippen MR) is 96.3 cm³/mol. The van der Waals surface area contributed by atoms with Crippen LogP contribution in [0.4, 0.5) is 0 Å². The minimum atomic E-state index is 0.563. The van der Waals surface area contributed by atoms with E-state index < -0.39 is 0 Å². The smallest absolute Gasteiger partial charge is 0.191 e. The lowest BCUT2D eigenvalue weighted by molar-refractivity contribution is 0.688. The van der Waals surface area contributed by atoms with Gasteiger partial charge in [-0.05, 0) is 30.2 Å². The summed E-state index contributed by atoms with van der Waals surface area (Å²) in [6.45, 7) is 2.63. The van der Waals surface area contributed by atoms with Crippen molar-refractivity contribution in [2.75, 3.05) is 0 Å². The number of thioether (sulfide) groups is 1. The van der Waals surface area contributed by atoms with E-state index in [0.717, 1.165) is 22.3 Å². The lowest BCUT2D eigenvalue weighted by Crippen LogP contribution is -2.04. The van der Waals surface area contributed by atoms with Crippen molar-refractivity contribution >= 4 is 35.0 Å². The Morgan fingerprint density at radius 2 is 1.74 bits per heavy atom. The first-order chi connectivity index (χ1) is 11.1. The van der Waals surface area contributed by atoms with E-state index in [1.165, 1.54) is 5.56 Å². The molecule has 3 rings (SSSR count). The maximum atomic E-state index is 6.10. The van der Waals surface area contributed by atoms with Crippen LogP contribution >= 0.6 is 35.0 Å². The van der Waals surface area contributed by atoms with Gasteiger partial charge in [-0.25, -0.2) is 0 Å². The van der Waals surface area contributed by atoms with Gasteiger partial charge in [-0.2, -0.15) is 0 Å². The number of hydrogen-bond donors (Lipinski definition) is 0. The molecule has 0 saturated carbocycles. The van der Waals surface area contributed by atoms with Crippen LogP contribution in [0.3, 0.4) is 0 Å². The van der Waals surface area contributed by atoms with E-state index >= 15 is 0 Å². The van der Waals surface area contributed by atoms with Gasteiger partial charge in [-0.1, -0.05) is 71.4 Å². The van der Waals surface area contributed by atoms with E-state index in [4.69, 9.17) is 23.2 Å². The number of benzene rings is 2. The Balaban J connectivity index is 1.77. The van der Waals surface area contributed by atoms with Crippen molar-refractivity contribution in [1.82, 2.24) is 14.8 Å². The third-order valence-corrected chi connectivity index (χ3v) is 5.21. The van der Waals surface area contributed by atoms with Gasteiger partial charge in [0, 0.05) is 5.75 Å². The average Bonchev–Trinajstić information content (AvgIpc) is 2.90. The van der Waals surface area contributed by atoms with E-state index in [1.807, 2.05) is 43.3 Å². The summed E-state index contributed by atoms with van der Waals surface area (Å²) in [6, 6.07) is 16.0. The van der Waals surface area contributed by atoms with Crippen LogP contribution < -0.4 is 0 Å². The standard InChI is InChI=1S/C17H15Cl2N3S/c1-12-20-21-17(23-11-13-5-3-2-4-6-13)22(12)10-14-7-8-15(18)16(19)9-14/h2-9H,10-11H2,1H3. The van der Waals surface area contributed by atoms with Crippen molar-refractivity contribution in [1.29, 1.82) is 0 Å². The average molecular weight is 364 g/mol. The number of rotatable bonds is 5. The van der Waals surface area contributed by atoms with Crippen molar-refractivity contribution in [3.05, 3.63) is 75.5 Å². The molecule has 6 heteroatoms. The number of nitrogens with zero attached hydrogens (tertiary/aromatic N) is 3. The summed E-state index contributed by atoms with van der Waals surface area (Å²) in [6.07, 6.45) is 0. The van der Waals surface area contributed by atoms with Gasteiger partial charge in [0.1, 0.15) is 5.82 Å². The third kappa shape index (κ3) is 4.08. The lowest BCUT2D eigenvalue weighted by atomic mass is 10.2. The Morgan fingerprint density at radius 3 is 2.48 bits per heavy atom. The second kappa shape index (κ2) is 7.39. The summed E-state index contributed by atoms with van der Waals surface area (Å²) in [4.78, 5) is 0. The third-order valence-electron chi connectivity index (χ3n) is 3.44. The molecule has 3 nitrogen and oxygen atoms in total. The fourth-order valence-electron chi connectivity index (χ4n) is 2.19. The molecule has 0 aliphatic carbocycles. The highest BCUT2D eigenvalue weighted by atomic mass is 35.5. The van der Waals surface area contributed by atoms with Crippen LogP contribution in [0.2, 0.25) is 10.0 Å². The highest BCUT2D eigenvalue weighted by Gasteiger charge is 2.11. The highest BCUT2D eigenvalue weighted by molar-refractivity contribution is 7.98. The van der Waals surface area contributed by atoms with Crippen LogP contribution in [0.25, 0.3) is 0 Å². The molecule has 0 amide bonds. The van der Waals surface area contributed by atoms with Gasteiger partial charge in [0.15, 0.2) is 5.16 Å². The van der Waals surface area contributed by atoms with Gasteiger partial charge in [0.2, 0.25) is 0 Å². The molecular weight excluding hydrogens is 349 g/mol. The molecule has 0 atom stereocenters. The minimum Gasteiger partial charge on any atom is -0.302 e. The molecule has 2 aromatic carbocycles. The van der Waals surface area contributed by atoms with Crippen LogP contribution in [-0.2, 0) is 12.3 Å². The molecule has 0 fully saturated rings. The summed E-state index contributed by atoms with van der Waals surface area (Å²) < 4.78 is 2.09. The van der Waals surface area contributed by atoms with Crippen molar-refractivity contribution in [2.45, 2.75) is 24.4 Å². The first-order valence-corrected chi connectivity index (χ1v) is 8.88. The van der Waals surface area contributed by atoms with Crippen LogP contribution in [0.15, 0.2) is 53.7 Å². The number of aryl methyl sites for hydroxylation is 1. The Morgan fingerprint density at radius 1 is 0.957 bits per heavy atom. The van der Waals surface area contributed by atoms with Crippen molar-refractivity contribution in [3.8, 4) is 0 Å². The molecule has 0 aliphatic rings. The number of halogens is 2.